The van der Waals surface area contributed by atoms with Gasteiger partial charge in [0.1, 0.15) is 6.04 Å². The Morgan fingerprint density at radius 3 is 2.71 bits per heavy atom. The second-order valence-corrected chi connectivity index (χ2v) is 5.71. The Bertz CT molecular complexity index is 653. The van der Waals surface area contributed by atoms with E-state index in [1.807, 2.05) is 0 Å². The highest BCUT2D eigenvalue weighted by molar-refractivity contribution is 5.97. The summed E-state index contributed by atoms with van der Waals surface area (Å²) in [6.07, 6.45) is 2.73. The van der Waals surface area contributed by atoms with Crippen LogP contribution in [0.15, 0.2) is 16.9 Å². The lowest BCUT2D eigenvalue weighted by molar-refractivity contribution is -0.142. The van der Waals surface area contributed by atoms with Gasteiger partial charge in [0, 0.05) is 18.7 Å². The summed E-state index contributed by atoms with van der Waals surface area (Å²) in [6, 6.07) is 1.39. The van der Waals surface area contributed by atoms with Crippen molar-refractivity contribution >= 4 is 11.9 Å². The Labute approximate surface area is 120 Å². The summed E-state index contributed by atoms with van der Waals surface area (Å²) < 4.78 is 0. The minimum absolute atomic E-state index is 0.0120. The van der Waals surface area contributed by atoms with Gasteiger partial charge in [-0.1, -0.05) is 6.42 Å². The van der Waals surface area contributed by atoms with Gasteiger partial charge in [0.2, 0.25) is 0 Å². The monoisotopic (exact) mass is 292 g/mol. The number of aromatic amines is 1. The van der Waals surface area contributed by atoms with Crippen LogP contribution in [-0.2, 0) is 4.79 Å². The van der Waals surface area contributed by atoms with E-state index in [1.54, 1.807) is 0 Å². The van der Waals surface area contributed by atoms with Gasteiger partial charge in [-0.2, -0.15) is 0 Å². The van der Waals surface area contributed by atoms with Crippen molar-refractivity contribution in [1.29, 1.82) is 0 Å². The van der Waals surface area contributed by atoms with Gasteiger partial charge >= 0.3 is 5.97 Å². The zero-order valence-electron chi connectivity index (χ0n) is 11.3. The van der Waals surface area contributed by atoms with Gasteiger partial charge in [-0.05, 0) is 24.7 Å². The lowest BCUT2D eigenvalue weighted by Gasteiger charge is -2.24. The first-order valence-electron chi connectivity index (χ1n) is 6.94. The van der Waals surface area contributed by atoms with Crippen LogP contribution in [0, 0.1) is 11.8 Å². The Kier molecular flexibility index (Phi) is 3.19. The smallest absolute Gasteiger partial charge is 0.326 e. The number of pyridine rings is 1. The lowest BCUT2D eigenvalue weighted by Crippen LogP contribution is -2.43. The summed E-state index contributed by atoms with van der Waals surface area (Å²) in [7, 11) is 0. The number of nitrogens with one attached hydrogen (secondary N) is 1. The molecule has 1 saturated carbocycles. The SMILES string of the molecule is O=C(O)C1C2CCCC2CN1C(=O)c1cc(O)[nH]c(=O)c1. The molecule has 3 rings (SSSR count). The minimum Gasteiger partial charge on any atom is -0.494 e. The summed E-state index contributed by atoms with van der Waals surface area (Å²) in [6.45, 7) is 0.397. The van der Waals surface area contributed by atoms with Crippen LogP contribution in [0.25, 0.3) is 0 Å². The van der Waals surface area contributed by atoms with Crippen LogP contribution < -0.4 is 5.56 Å². The fourth-order valence-corrected chi connectivity index (χ4v) is 3.65. The molecule has 7 heteroatoms. The minimum atomic E-state index is -1.01. The molecular formula is C14H16N2O5. The maximum Gasteiger partial charge on any atom is 0.326 e. The van der Waals surface area contributed by atoms with Gasteiger partial charge in [-0.25, -0.2) is 4.79 Å². The van der Waals surface area contributed by atoms with Crippen molar-refractivity contribution in [1.82, 2.24) is 9.88 Å². The van der Waals surface area contributed by atoms with E-state index >= 15 is 0 Å². The number of fused-ring (bicyclic) bond motifs is 1. The van der Waals surface area contributed by atoms with Crippen LogP contribution in [0.1, 0.15) is 29.6 Å². The van der Waals surface area contributed by atoms with E-state index in [1.165, 1.54) is 4.90 Å². The van der Waals surface area contributed by atoms with Crippen LogP contribution in [0.3, 0.4) is 0 Å². The second-order valence-electron chi connectivity index (χ2n) is 5.71. The third-order valence-corrected chi connectivity index (χ3v) is 4.48. The Morgan fingerprint density at radius 1 is 1.29 bits per heavy atom. The number of aromatic hydroxyl groups is 1. The summed E-state index contributed by atoms with van der Waals surface area (Å²) in [5, 5.41) is 18.8. The third kappa shape index (κ3) is 2.28. The van der Waals surface area contributed by atoms with E-state index in [2.05, 4.69) is 4.98 Å². The Balaban J connectivity index is 1.93. The van der Waals surface area contributed by atoms with E-state index in [9.17, 15) is 24.6 Å². The first-order chi connectivity index (χ1) is 9.97. The number of likely N-dealkylation sites (tertiary alicyclic amines) is 1. The second kappa shape index (κ2) is 4.91. The number of rotatable bonds is 2. The normalized spacial score (nSPS) is 27.6. The number of H-pyrrole nitrogens is 1. The van der Waals surface area contributed by atoms with Gasteiger partial charge in [0.25, 0.3) is 11.5 Å². The predicted molar refractivity (Wildman–Crippen MR) is 72.0 cm³/mol. The summed E-state index contributed by atoms with van der Waals surface area (Å²) in [5.74, 6) is -1.73. The number of hydrogen-bond donors (Lipinski definition) is 3. The molecule has 0 radical (unpaired) electrons. The van der Waals surface area contributed by atoms with Crippen LogP contribution in [-0.4, -0.2) is 44.6 Å². The highest BCUT2D eigenvalue weighted by Gasteiger charge is 2.49. The topological polar surface area (TPSA) is 111 Å². The van der Waals surface area contributed by atoms with Crippen LogP contribution in [0.2, 0.25) is 0 Å². The number of aliphatic carboxylic acids is 1. The zero-order chi connectivity index (χ0) is 15.1. The lowest BCUT2D eigenvalue weighted by atomic mass is 9.94. The highest BCUT2D eigenvalue weighted by atomic mass is 16.4. The van der Waals surface area contributed by atoms with E-state index < -0.39 is 29.4 Å². The largest absolute Gasteiger partial charge is 0.494 e. The van der Waals surface area contributed by atoms with Crippen LogP contribution in [0.4, 0.5) is 0 Å². The van der Waals surface area contributed by atoms with E-state index in [-0.39, 0.29) is 17.4 Å². The molecule has 0 bridgehead atoms. The molecule has 112 valence electrons. The van der Waals surface area contributed by atoms with Crippen molar-refractivity contribution in [3.63, 3.8) is 0 Å². The maximum absolute atomic E-state index is 12.5. The average molecular weight is 292 g/mol. The Hall–Kier alpha value is -2.31. The van der Waals surface area contributed by atoms with Crippen molar-refractivity contribution in [3.8, 4) is 5.88 Å². The van der Waals surface area contributed by atoms with E-state index in [4.69, 9.17) is 0 Å². The number of carboxylic acids is 1. The number of carboxylic acid groups (broad SMARTS) is 1. The number of amides is 1. The molecule has 1 aliphatic heterocycles. The number of hydrogen-bond acceptors (Lipinski definition) is 4. The van der Waals surface area contributed by atoms with Gasteiger partial charge in [-0.15, -0.1) is 0 Å². The predicted octanol–water partition coefficient (Wildman–Crippen LogP) is 0.406. The molecule has 1 aromatic rings. The molecule has 0 aromatic carbocycles. The van der Waals surface area contributed by atoms with Gasteiger partial charge < -0.3 is 15.1 Å². The van der Waals surface area contributed by atoms with Gasteiger partial charge in [0.05, 0.1) is 5.56 Å². The molecular weight excluding hydrogens is 276 g/mol. The maximum atomic E-state index is 12.5. The standard InChI is InChI=1S/C14H16N2O5/c17-10-4-8(5-11(18)15-10)13(19)16-6-7-2-1-3-9(7)12(16)14(20)21/h4-5,7,9,12H,1-3,6H2,(H,20,21)(H2,15,17,18). The molecule has 2 fully saturated rings. The summed E-state index contributed by atoms with van der Waals surface area (Å²) in [4.78, 5) is 38.8. The zero-order valence-corrected chi connectivity index (χ0v) is 11.3. The van der Waals surface area contributed by atoms with E-state index in [0.717, 1.165) is 31.4 Å². The first kappa shape index (κ1) is 13.7. The van der Waals surface area contributed by atoms with Crippen molar-refractivity contribution in [3.05, 3.63) is 28.0 Å². The van der Waals surface area contributed by atoms with Crippen LogP contribution in [0.5, 0.6) is 5.88 Å². The molecule has 1 amide bonds. The first-order valence-corrected chi connectivity index (χ1v) is 6.94. The molecule has 21 heavy (non-hydrogen) atoms. The van der Waals surface area contributed by atoms with Crippen LogP contribution >= 0.6 is 0 Å². The quantitative estimate of drug-likeness (QED) is 0.731. The molecule has 1 aromatic heterocycles. The van der Waals surface area contributed by atoms with Crippen molar-refractivity contribution in [2.75, 3.05) is 6.54 Å². The summed E-state index contributed by atoms with van der Waals surface area (Å²) >= 11 is 0. The fraction of sp³-hybridized carbons (Fsp3) is 0.500. The number of carbonyl (C=O) groups excluding carboxylic acids is 1. The van der Waals surface area contributed by atoms with Crippen molar-refractivity contribution < 1.29 is 19.8 Å². The molecule has 3 N–H and O–H groups in total. The third-order valence-electron chi connectivity index (χ3n) is 4.48. The molecule has 1 saturated heterocycles. The molecule has 7 nitrogen and oxygen atoms in total. The Morgan fingerprint density at radius 2 is 2.05 bits per heavy atom. The number of nitrogens with zero attached hydrogens (tertiary/aromatic N) is 1. The molecule has 3 unspecified atom stereocenters. The average Bonchev–Trinajstić information content (AvgIpc) is 2.95. The number of carbonyl (C=O) groups is 2. The molecule has 2 aliphatic rings. The number of aromatic nitrogens is 1. The molecule has 3 atom stereocenters. The molecule has 1 aliphatic carbocycles. The van der Waals surface area contributed by atoms with Gasteiger partial charge in [0.15, 0.2) is 5.88 Å². The van der Waals surface area contributed by atoms with Crippen molar-refractivity contribution in [2.24, 2.45) is 11.8 Å². The summed E-state index contributed by atoms with van der Waals surface area (Å²) in [5.41, 5.74) is -0.577. The van der Waals surface area contributed by atoms with E-state index in [0.29, 0.717) is 6.54 Å². The fourth-order valence-electron chi connectivity index (χ4n) is 3.65. The molecule has 2 heterocycles. The van der Waals surface area contributed by atoms with Crippen molar-refractivity contribution in [2.45, 2.75) is 25.3 Å². The van der Waals surface area contributed by atoms with Gasteiger partial charge in [-0.3, -0.25) is 14.6 Å². The highest BCUT2D eigenvalue weighted by Crippen LogP contribution is 2.42. The molecule has 0 spiro atoms.